The van der Waals surface area contributed by atoms with Crippen molar-refractivity contribution < 1.29 is 0 Å². The summed E-state index contributed by atoms with van der Waals surface area (Å²) >= 11 is 0. The lowest BCUT2D eigenvalue weighted by Crippen LogP contribution is -2.46. The normalized spacial score (nSPS) is 43.6. The standard InChI is InChI=1S/C15H28N2/c1-2-12-5-3-4-6-15(12)17-10-9-13-7-8-14(11-17)16-13/h12-16H,2-11H2,1H3. The van der Waals surface area contributed by atoms with Crippen LogP contribution in [0.5, 0.6) is 0 Å². The second-order valence-electron chi connectivity index (χ2n) is 6.44. The molecule has 1 saturated carbocycles. The van der Waals surface area contributed by atoms with Crippen LogP contribution >= 0.6 is 0 Å². The van der Waals surface area contributed by atoms with E-state index < -0.39 is 0 Å². The smallest absolute Gasteiger partial charge is 0.0198 e. The van der Waals surface area contributed by atoms with Gasteiger partial charge in [-0.05, 0) is 44.6 Å². The topological polar surface area (TPSA) is 15.3 Å². The second-order valence-corrected chi connectivity index (χ2v) is 6.44. The zero-order valence-corrected chi connectivity index (χ0v) is 11.3. The van der Waals surface area contributed by atoms with E-state index in [1.54, 1.807) is 0 Å². The van der Waals surface area contributed by atoms with E-state index >= 15 is 0 Å². The summed E-state index contributed by atoms with van der Waals surface area (Å²) in [6.07, 6.45) is 11.5. The molecule has 2 bridgehead atoms. The van der Waals surface area contributed by atoms with Crippen molar-refractivity contribution in [1.82, 2.24) is 10.2 Å². The minimum Gasteiger partial charge on any atom is -0.310 e. The Labute approximate surface area is 106 Å². The average Bonchev–Trinajstić information content (AvgIpc) is 2.69. The molecule has 2 saturated heterocycles. The molecule has 0 aromatic carbocycles. The fourth-order valence-electron chi connectivity index (χ4n) is 4.42. The summed E-state index contributed by atoms with van der Waals surface area (Å²) in [6, 6.07) is 2.56. The molecule has 1 N–H and O–H groups in total. The van der Waals surface area contributed by atoms with Gasteiger partial charge in [0.1, 0.15) is 0 Å². The molecule has 2 heterocycles. The molecule has 0 amide bonds. The highest BCUT2D eigenvalue weighted by Gasteiger charge is 2.35. The van der Waals surface area contributed by atoms with Crippen LogP contribution in [0.3, 0.4) is 0 Å². The summed E-state index contributed by atoms with van der Waals surface area (Å²) in [7, 11) is 0. The number of hydrogen-bond donors (Lipinski definition) is 1. The van der Waals surface area contributed by atoms with Crippen LogP contribution in [0, 0.1) is 5.92 Å². The molecular formula is C15H28N2. The third-order valence-corrected chi connectivity index (χ3v) is 5.42. The highest BCUT2D eigenvalue weighted by atomic mass is 15.2. The third kappa shape index (κ3) is 2.53. The summed E-state index contributed by atoms with van der Waals surface area (Å²) in [5, 5.41) is 3.81. The molecule has 4 unspecified atom stereocenters. The Balaban J connectivity index is 1.65. The van der Waals surface area contributed by atoms with Crippen molar-refractivity contribution in [2.45, 2.75) is 76.4 Å². The van der Waals surface area contributed by atoms with Gasteiger partial charge in [-0.25, -0.2) is 0 Å². The molecule has 0 aromatic heterocycles. The SMILES string of the molecule is CCC1CCCCC1N1CCC2CCC(C1)N2. The number of nitrogens with one attached hydrogen (secondary N) is 1. The Morgan fingerprint density at radius 2 is 1.82 bits per heavy atom. The van der Waals surface area contributed by atoms with Crippen LogP contribution in [0.15, 0.2) is 0 Å². The van der Waals surface area contributed by atoms with E-state index in [0.717, 1.165) is 24.0 Å². The fraction of sp³-hybridized carbons (Fsp3) is 1.00. The van der Waals surface area contributed by atoms with Crippen LogP contribution in [0.2, 0.25) is 0 Å². The molecule has 3 fully saturated rings. The van der Waals surface area contributed by atoms with Crippen molar-refractivity contribution in [3.63, 3.8) is 0 Å². The number of nitrogens with zero attached hydrogens (tertiary/aromatic N) is 1. The molecule has 0 radical (unpaired) electrons. The lowest BCUT2D eigenvalue weighted by Gasteiger charge is -2.40. The molecule has 0 aromatic rings. The number of rotatable bonds is 2. The second kappa shape index (κ2) is 5.27. The molecule has 3 rings (SSSR count). The fourth-order valence-corrected chi connectivity index (χ4v) is 4.42. The molecule has 4 atom stereocenters. The van der Waals surface area contributed by atoms with Gasteiger partial charge in [0.05, 0.1) is 0 Å². The Morgan fingerprint density at radius 1 is 1.00 bits per heavy atom. The van der Waals surface area contributed by atoms with Crippen LogP contribution in [-0.4, -0.2) is 36.1 Å². The summed E-state index contributed by atoms with van der Waals surface area (Å²) in [4.78, 5) is 2.85. The van der Waals surface area contributed by atoms with Crippen molar-refractivity contribution in [1.29, 1.82) is 0 Å². The highest BCUT2D eigenvalue weighted by Crippen LogP contribution is 2.33. The maximum Gasteiger partial charge on any atom is 0.0198 e. The Bertz CT molecular complexity index is 253. The lowest BCUT2D eigenvalue weighted by molar-refractivity contribution is 0.0961. The van der Waals surface area contributed by atoms with Gasteiger partial charge in [-0.3, -0.25) is 4.90 Å². The highest BCUT2D eigenvalue weighted by molar-refractivity contribution is 4.93. The molecular weight excluding hydrogens is 208 g/mol. The van der Waals surface area contributed by atoms with Crippen LogP contribution in [-0.2, 0) is 0 Å². The van der Waals surface area contributed by atoms with Crippen LogP contribution in [0.25, 0.3) is 0 Å². The predicted molar refractivity (Wildman–Crippen MR) is 72.2 cm³/mol. The first-order valence-corrected chi connectivity index (χ1v) is 7.87. The lowest BCUT2D eigenvalue weighted by atomic mass is 9.81. The Hall–Kier alpha value is -0.0800. The third-order valence-electron chi connectivity index (χ3n) is 5.42. The zero-order valence-electron chi connectivity index (χ0n) is 11.3. The van der Waals surface area contributed by atoms with Crippen LogP contribution in [0.4, 0.5) is 0 Å². The van der Waals surface area contributed by atoms with Crippen molar-refractivity contribution in [3.05, 3.63) is 0 Å². The largest absolute Gasteiger partial charge is 0.310 e. The van der Waals surface area contributed by atoms with Gasteiger partial charge in [0.25, 0.3) is 0 Å². The van der Waals surface area contributed by atoms with Gasteiger partial charge in [0, 0.05) is 24.7 Å². The Kier molecular flexibility index (Phi) is 3.72. The number of hydrogen-bond acceptors (Lipinski definition) is 2. The molecule has 98 valence electrons. The maximum atomic E-state index is 3.81. The average molecular weight is 236 g/mol. The minimum atomic E-state index is 0.807. The summed E-state index contributed by atoms with van der Waals surface area (Å²) < 4.78 is 0. The Morgan fingerprint density at radius 3 is 2.71 bits per heavy atom. The zero-order chi connectivity index (χ0) is 11.7. The van der Waals surface area contributed by atoms with Crippen LogP contribution in [0.1, 0.15) is 58.3 Å². The molecule has 2 heteroatoms. The van der Waals surface area contributed by atoms with E-state index in [1.807, 2.05) is 0 Å². The van der Waals surface area contributed by atoms with Crippen molar-refractivity contribution in [3.8, 4) is 0 Å². The van der Waals surface area contributed by atoms with E-state index in [2.05, 4.69) is 17.1 Å². The van der Waals surface area contributed by atoms with E-state index in [4.69, 9.17) is 0 Å². The summed E-state index contributed by atoms with van der Waals surface area (Å²) in [5.41, 5.74) is 0. The molecule has 3 aliphatic rings. The predicted octanol–water partition coefficient (Wildman–Crippen LogP) is 2.78. The van der Waals surface area contributed by atoms with Gasteiger partial charge < -0.3 is 5.32 Å². The molecule has 1 aliphatic carbocycles. The first kappa shape index (κ1) is 12.0. The van der Waals surface area contributed by atoms with E-state index in [9.17, 15) is 0 Å². The van der Waals surface area contributed by atoms with Crippen molar-refractivity contribution in [2.75, 3.05) is 13.1 Å². The summed E-state index contributed by atoms with van der Waals surface area (Å²) in [6.45, 7) is 5.08. The number of fused-ring (bicyclic) bond motifs is 2. The molecule has 17 heavy (non-hydrogen) atoms. The minimum absolute atomic E-state index is 0.807. The van der Waals surface area contributed by atoms with E-state index in [0.29, 0.717) is 0 Å². The quantitative estimate of drug-likeness (QED) is 0.793. The van der Waals surface area contributed by atoms with Gasteiger partial charge in [0.2, 0.25) is 0 Å². The van der Waals surface area contributed by atoms with Gasteiger partial charge in [-0.1, -0.05) is 26.2 Å². The summed E-state index contributed by atoms with van der Waals surface area (Å²) in [5.74, 6) is 0.986. The maximum absolute atomic E-state index is 3.81. The van der Waals surface area contributed by atoms with Crippen molar-refractivity contribution >= 4 is 0 Å². The molecule has 2 nitrogen and oxygen atoms in total. The molecule has 2 aliphatic heterocycles. The first-order valence-electron chi connectivity index (χ1n) is 7.87. The first-order chi connectivity index (χ1) is 8.36. The van der Waals surface area contributed by atoms with Gasteiger partial charge in [-0.15, -0.1) is 0 Å². The monoisotopic (exact) mass is 236 g/mol. The van der Waals surface area contributed by atoms with Crippen LogP contribution < -0.4 is 5.32 Å². The van der Waals surface area contributed by atoms with Gasteiger partial charge >= 0.3 is 0 Å². The van der Waals surface area contributed by atoms with E-state index in [1.165, 1.54) is 64.5 Å². The van der Waals surface area contributed by atoms with E-state index in [-0.39, 0.29) is 0 Å². The van der Waals surface area contributed by atoms with Gasteiger partial charge in [0.15, 0.2) is 0 Å². The molecule has 0 spiro atoms. The van der Waals surface area contributed by atoms with Gasteiger partial charge in [-0.2, -0.15) is 0 Å². The van der Waals surface area contributed by atoms with Crippen molar-refractivity contribution in [2.24, 2.45) is 5.92 Å². The number of likely N-dealkylation sites (tertiary alicyclic amines) is 1.